The summed E-state index contributed by atoms with van der Waals surface area (Å²) in [5, 5.41) is 0. The molecule has 0 bridgehead atoms. The van der Waals surface area contributed by atoms with Crippen LogP contribution in [0.4, 0.5) is 17.1 Å². The Bertz CT molecular complexity index is 1120. The molecule has 31 heavy (non-hydrogen) atoms. The number of carbonyl (C=O) groups is 1. The minimum absolute atomic E-state index is 0.0518. The monoisotopic (exact) mass is 439 g/mol. The van der Waals surface area contributed by atoms with Gasteiger partial charge in [0.2, 0.25) is 0 Å². The van der Waals surface area contributed by atoms with Crippen molar-refractivity contribution in [2.75, 3.05) is 17.1 Å². The van der Waals surface area contributed by atoms with Gasteiger partial charge in [-0.1, -0.05) is 24.6 Å². The third-order valence-corrected chi connectivity index (χ3v) is 5.45. The fourth-order valence-corrected chi connectivity index (χ4v) is 3.72. The van der Waals surface area contributed by atoms with E-state index >= 15 is 0 Å². The molecule has 0 saturated carbocycles. The Labute approximate surface area is 183 Å². The lowest BCUT2D eigenvalue weighted by molar-refractivity contribution is 0.0601. The molecule has 0 amide bonds. The number of esters is 1. The summed E-state index contributed by atoms with van der Waals surface area (Å²) >= 11 is -2.67. The average Bonchev–Trinajstić information content (AvgIpc) is 2.76. The van der Waals surface area contributed by atoms with E-state index in [9.17, 15) is 13.6 Å². The summed E-state index contributed by atoms with van der Waals surface area (Å²) in [6.45, 7) is 3.89. The Balaban J connectivity index is 2.04. The maximum atomic E-state index is 12.5. The summed E-state index contributed by atoms with van der Waals surface area (Å²) in [6, 6.07) is 16.8. The first kappa shape index (κ1) is 22.3. The Morgan fingerprint density at radius 1 is 1.06 bits per heavy atom. The average molecular weight is 440 g/mol. The smallest absolute Gasteiger partial charge is 0.340 e. The molecule has 7 nitrogen and oxygen atoms in total. The molecule has 3 aromatic carbocycles. The van der Waals surface area contributed by atoms with Gasteiger partial charge in [0.15, 0.2) is 0 Å². The van der Waals surface area contributed by atoms with E-state index in [-0.39, 0.29) is 11.3 Å². The Morgan fingerprint density at radius 3 is 2.32 bits per heavy atom. The molecular weight excluding hydrogens is 416 g/mol. The number of methoxy groups -OCH3 is 1. The zero-order chi connectivity index (χ0) is 22.5. The number of nitrogen functional groups attached to an aromatic ring is 1. The van der Waals surface area contributed by atoms with Crippen LogP contribution < -0.4 is 14.8 Å². The van der Waals surface area contributed by atoms with Crippen molar-refractivity contribution in [3.63, 3.8) is 0 Å². The standard InChI is InChI=1S/C23H24N2O5S/c1-4-16-13-18(9-11-21(16)24)30-19-10-12-22(20(14-19)23(26)29-3)25(31(27)28)17-7-5-15(2)6-8-17/h5-14H,4,24H2,1-3H3,(H,27,28)/p-1. The maximum absolute atomic E-state index is 12.5. The molecule has 0 aliphatic carbocycles. The zero-order valence-corrected chi connectivity index (χ0v) is 18.3. The Hall–Kier alpha value is -3.36. The molecule has 0 spiro atoms. The molecule has 0 fully saturated rings. The minimum atomic E-state index is -2.67. The predicted octanol–water partition coefficient (Wildman–Crippen LogP) is 4.65. The molecule has 162 valence electrons. The largest absolute Gasteiger partial charge is 0.755 e. The molecule has 0 aliphatic rings. The highest BCUT2D eigenvalue weighted by Crippen LogP contribution is 2.35. The fraction of sp³-hybridized carbons (Fsp3) is 0.174. The number of hydrogen-bond acceptors (Lipinski definition) is 6. The van der Waals surface area contributed by atoms with Crippen LogP contribution in [0.5, 0.6) is 11.5 Å². The highest BCUT2D eigenvalue weighted by molar-refractivity contribution is 7.81. The fourth-order valence-electron chi connectivity index (χ4n) is 3.10. The number of anilines is 3. The number of aryl methyl sites for hydroxylation is 2. The van der Waals surface area contributed by atoms with Gasteiger partial charge in [-0.2, -0.15) is 0 Å². The molecule has 0 aromatic heterocycles. The van der Waals surface area contributed by atoms with Crippen molar-refractivity contribution >= 4 is 34.3 Å². The van der Waals surface area contributed by atoms with E-state index in [2.05, 4.69) is 0 Å². The summed E-state index contributed by atoms with van der Waals surface area (Å²) in [5.41, 5.74) is 9.13. The van der Waals surface area contributed by atoms with Gasteiger partial charge in [-0.05, 0) is 67.4 Å². The first-order valence-corrected chi connectivity index (χ1v) is 10.6. The van der Waals surface area contributed by atoms with E-state index in [4.69, 9.17) is 15.2 Å². The molecule has 0 aliphatic heterocycles. The van der Waals surface area contributed by atoms with E-state index in [1.54, 1.807) is 42.5 Å². The van der Waals surface area contributed by atoms with Gasteiger partial charge < -0.3 is 19.8 Å². The molecule has 3 rings (SSSR count). The minimum Gasteiger partial charge on any atom is -0.755 e. The summed E-state index contributed by atoms with van der Waals surface area (Å²) in [7, 11) is 1.23. The first-order chi connectivity index (χ1) is 14.8. The van der Waals surface area contributed by atoms with Crippen LogP contribution in [0.25, 0.3) is 0 Å². The lowest BCUT2D eigenvalue weighted by Crippen LogP contribution is -2.22. The van der Waals surface area contributed by atoms with Crippen molar-refractivity contribution in [1.29, 1.82) is 0 Å². The van der Waals surface area contributed by atoms with Crippen LogP contribution in [-0.2, 0) is 22.4 Å². The van der Waals surface area contributed by atoms with Crippen LogP contribution in [-0.4, -0.2) is 21.8 Å². The third-order valence-electron chi connectivity index (χ3n) is 4.74. The lowest BCUT2D eigenvalue weighted by Gasteiger charge is -2.28. The van der Waals surface area contributed by atoms with Gasteiger partial charge in [0.25, 0.3) is 0 Å². The Kier molecular flexibility index (Phi) is 6.94. The third kappa shape index (κ3) is 5.04. The quantitative estimate of drug-likeness (QED) is 0.326. The van der Waals surface area contributed by atoms with Gasteiger partial charge in [0, 0.05) is 5.69 Å². The number of nitrogens with two attached hydrogens (primary N) is 1. The number of hydrogen-bond donors (Lipinski definition) is 1. The predicted molar refractivity (Wildman–Crippen MR) is 120 cm³/mol. The molecule has 0 saturated heterocycles. The van der Waals surface area contributed by atoms with Crippen molar-refractivity contribution in [3.8, 4) is 11.5 Å². The number of nitrogens with zero attached hydrogens (tertiary/aromatic N) is 1. The van der Waals surface area contributed by atoms with E-state index in [0.717, 1.165) is 21.9 Å². The SMILES string of the molecule is CCc1cc(Oc2ccc(N(c3ccc(C)cc3)S(=O)[O-])c(C(=O)OC)c2)ccc1N. The van der Waals surface area contributed by atoms with E-state index in [1.807, 2.05) is 19.9 Å². The van der Waals surface area contributed by atoms with Crippen LogP contribution in [0.3, 0.4) is 0 Å². The summed E-state index contributed by atoms with van der Waals surface area (Å²) in [6.07, 6.45) is 0.746. The van der Waals surface area contributed by atoms with Crippen molar-refractivity contribution in [1.82, 2.24) is 0 Å². The number of rotatable bonds is 7. The maximum Gasteiger partial charge on any atom is 0.340 e. The van der Waals surface area contributed by atoms with Gasteiger partial charge in [-0.15, -0.1) is 0 Å². The number of ether oxygens (including phenoxy) is 2. The van der Waals surface area contributed by atoms with Crippen LogP contribution >= 0.6 is 0 Å². The second-order valence-corrected chi connectivity index (χ2v) is 7.63. The number of carbonyl (C=O) groups excluding carboxylic acids is 1. The van der Waals surface area contributed by atoms with Crippen molar-refractivity contribution < 1.29 is 23.0 Å². The van der Waals surface area contributed by atoms with E-state index in [0.29, 0.717) is 22.9 Å². The summed E-state index contributed by atoms with van der Waals surface area (Å²) in [4.78, 5) is 12.5. The lowest BCUT2D eigenvalue weighted by atomic mass is 10.1. The van der Waals surface area contributed by atoms with E-state index in [1.165, 1.54) is 19.2 Å². The van der Waals surface area contributed by atoms with Crippen molar-refractivity contribution in [2.24, 2.45) is 0 Å². The van der Waals surface area contributed by atoms with Gasteiger partial charge in [0.1, 0.15) is 11.5 Å². The van der Waals surface area contributed by atoms with Crippen LogP contribution in [0.1, 0.15) is 28.4 Å². The molecule has 1 atom stereocenters. The molecule has 0 heterocycles. The van der Waals surface area contributed by atoms with Crippen molar-refractivity contribution in [2.45, 2.75) is 20.3 Å². The van der Waals surface area contributed by atoms with Gasteiger partial charge in [-0.3, -0.25) is 8.51 Å². The summed E-state index contributed by atoms with van der Waals surface area (Å²) in [5.74, 6) is 0.225. The highest BCUT2D eigenvalue weighted by atomic mass is 32.2. The van der Waals surface area contributed by atoms with Gasteiger partial charge in [-0.25, -0.2) is 4.79 Å². The molecule has 2 N–H and O–H groups in total. The van der Waals surface area contributed by atoms with E-state index < -0.39 is 17.2 Å². The Morgan fingerprint density at radius 2 is 1.71 bits per heavy atom. The molecule has 8 heteroatoms. The van der Waals surface area contributed by atoms with Gasteiger partial charge in [0.05, 0.1) is 35.3 Å². The second-order valence-electron chi connectivity index (χ2n) is 6.83. The van der Waals surface area contributed by atoms with Crippen molar-refractivity contribution in [3.05, 3.63) is 77.4 Å². The first-order valence-electron chi connectivity index (χ1n) is 9.58. The van der Waals surface area contributed by atoms with Gasteiger partial charge >= 0.3 is 5.97 Å². The molecule has 1 unspecified atom stereocenters. The molecule has 3 aromatic rings. The highest BCUT2D eigenvalue weighted by Gasteiger charge is 2.21. The van der Waals surface area contributed by atoms with Crippen LogP contribution in [0, 0.1) is 6.92 Å². The summed E-state index contributed by atoms with van der Waals surface area (Å²) < 4.78 is 35.9. The van der Waals surface area contributed by atoms with Crippen LogP contribution in [0.15, 0.2) is 60.7 Å². The zero-order valence-electron chi connectivity index (χ0n) is 17.5. The normalized spacial score (nSPS) is 11.6. The molecule has 0 radical (unpaired) electrons. The number of benzene rings is 3. The van der Waals surface area contributed by atoms with Crippen LogP contribution in [0.2, 0.25) is 0 Å². The second kappa shape index (κ2) is 9.63. The topological polar surface area (TPSA) is 105 Å². The molecular formula is C23H23N2O5S-.